The summed E-state index contributed by atoms with van der Waals surface area (Å²) < 4.78 is 0. The summed E-state index contributed by atoms with van der Waals surface area (Å²) >= 11 is 0. The van der Waals surface area contributed by atoms with Crippen LogP contribution in [0.3, 0.4) is 0 Å². The van der Waals surface area contributed by atoms with Crippen molar-refractivity contribution in [2.24, 2.45) is 9.98 Å². The summed E-state index contributed by atoms with van der Waals surface area (Å²) in [5, 5.41) is 7.29. The van der Waals surface area contributed by atoms with Crippen molar-refractivity contribution >= 4 is 30.6 Å². The maximum Gasteiger partial charge on any atom is 0.145 e. The van der Waals surface area contributed by atoms with Gasteiger partial charge in [-0.05, 0) is 30.5 Å². The van der Waals surface area contributed by atoms with E-state index in [1.54, 1.807) is 12.3 Å². The highest BCUT2D eigenvalue weighted by Gasteiger charge is 2.00. The summed E-state index contributed by atoms with van der Waals surface area (Å²) in [5.74, 6) is 0. The Balaban J connectivity index is 2.92. The van der Waals surface area contributed by atoms with Crippen LogP contribution in [0.5, 0.6) is 0 Å². The zero-order valence-electron chi connectivity index (χ0n) is 13.5. The van der Waals surface area contributed by atoms with E-state index >= 15 is 0 Å². The molecule has 0 saturated heterocycles. The van der Waals surface area contributed by atoms with Crippen molar-refractivity contribution < 1.29 is 4.79 Å². The molecule has 0 bridgehead atoms. The van der Waals surface area contributed by atoms with Crippen molar-refractivity contribution in [2.75, 3.05) is 0 Å². The van der Waals surface area contributed by atoms with Crippen LogP contribution >= 0.6 is 0 Å². The van der Waals surface area contributed by atoms with Gasteiger partial charge in [-0.1, -0.05) is 37.8 Å². The van der Waals surface area contributed by atoms with Gasteiger partial charge in [0.15, 0.2) is 0 Å². The number of allylic oxidation sites excluding steroid dienone is 3. The van der Waals surface area contributed by atoms with Crippen LogP contribution in [0.4, 0.5) is 0 Å². The van der Waals surface area contributed by atoms with Crippen LogP contribution in [0.15, 0.2) is 64.3 Å². The Morgan fingerprint density at radius 1 is 1.30 bits per heavy atom. The summed E-state index contributed by atoms with van der Waals surface area (Å²) in [6, 6.07) is 7.27. The van der Waals surface area contributed by atoms with Gasteiger partial charge in [0.05, 0.1) is 11.4 Å². The molecule has 23 heavy (non-hydrogen) atoms. The minimum absolute atomic E-state index is 0.516. The molecule has 0 aliphatic carbocycles. The van der Waals surface area contributed by atoms with Gasteiger partial charge in [-0.15, -0.1) is 0 Å². The van der Waals surface area contributed by atoms with E-state index in [4.69, 9.17) is 5.41 Å². The van der Waals surface area contributed by atoms with Crippen LogP contribution in [0.1, 0.15) is 31.4 Å². The molecule has 0 unspecified atom stereocenters. The van der Waals surface area contributed by atoms with Crippen molar-refractivity contribution in [3.63, 3.8) is 0 Å². The Morgan fingerprint density at radius 2 is 2.04 bits per heavy atom. The minimum atomic E-state index is 0.516. The van der Waals surface area contributed by atoms with Crippen molar-refractivity contribution in [3.05, 3.63) is 65.4 Å². The van der Waals surface area contributed by atoms with Crippen molar-refractivity contribution in [2.45, 2.75) is 20.3 Å². The van der Waals surface area contributed by atoms with Crippen LogP contribution in [-0.2, 0) is 4.79 Å². The third-order valence-corrected chi connectivity index (χ3v) is 3.19. The second kappa shape index (κ2) is 9.95. The lowest BCUT2D eigenvalue weighted by Gasteiger charge is -2.02. The molecule has 118 valence electrons. The highest BCUT2D eigenvalue weighted by molar-refractivity contribution is 6.17. The van der Waals surface area contributed by atoms with Crippen LogP contribution < -0.4 is 0 Å². The number of rotatable bonds is 8. The Kier molecular flexibility index (Phi) is 7.86. The molecule has 0 radical (unpaired) electrons. The van der Waals surface area contributed by atoms with Gasteiger partial charge >= 0.3 is 0 Å². The van der Waals surface area contributed by atoms with E-state index in [-0.39, 0.29) is 0 Å². The van der Waals surface area contributed by atoms with Crippen LogP contribution in [-0.4, -0.2) is 24.9 Å². The lowest BCUT2D eigenvalue weighted by atomic mass is 10.1. The molecule has 0 aliphatic rings. The Morgan fingerprint density at radius 3 is 2.65 bits per heavy atom. The molecule has 1 aromatic rings. The van der Waals surface area contributed by atoms with Crippen molar-refractivity contribution in [1.82, 2.24) is 0 Å². The molecule has 0 fully saturated rings. The zero-order chi connectivity index (χ0) is 17.1. The average molecular weight is 307 g/mol. The molecule has 4 heteroatoms. The van der Waals surface area contributed by atoms with E-state index in [0.29, 0.717) is 17.7 Å². The number of carbonyl (C=O) groups is 1. The number of benzene rings is 1. The second-order valence-corrected chi connectivity index (χ2v) is 4.63. The molecule has 0 heterocycles. The largest absolute Gasteiger partial charge is 0.308 e. The maximum absolute atomic E-state index is 10.8. The van der Waals surface area contributed by atoms with Gasteiger partial charge in [0.25, 0.3) is 0 Å². The quantitative estimate of drug-likeness (QED) is 0.332. The van der Waals surface area contributed by atoms with Gasteiger partial charge in [0.1, 0.15) is 6.29 Å². The third kappa shape index (κ3) is 5.79. The predicted molar refractivity (Wildman–Crippen MR) is 98.5 cm³/mol. The summed E-state index contributed by atoms with van der Waals surface area (Å²) in [6.07, 6.45) is 9.26. The lowest BCUT2D eigenvalue weighted by molar-refractivity contribution is -0.104. The first-order valence-electron chi connectivity index (χ1n) is 7.33. The highest BCUT2D eigenvalue weighted by atomic mass is 16.1. The second-order valence-electron chi connectivity index (χ2n) is 4.63. The number of nitrogens with one attached hydrogen (secondary N) is 1. The molecule has 0 aliphatic heterocycles. The Labute approximate surface area is 137 Å². The predicted octanol–water partition coefficient (Wildman–Crippen LogP) is 4.24. The summed E-state index contributed by atoms with van der Waals surface area (Å²) in [7, 11) is 0. The molecule has 1 N–H and O–H groups in total. The monoisotopic (exact) mass is 307 g/mol. The molecular formula is C19H21N3O. The van der Waals surface area contributed by atoms with Crippen LogP contribution in [0, 0.1) is 5.41 Å². The van der Waals surface area contributed by atoms with Crippen molar-refractivity contribution in [1.29, 1.82) is 5.41 Å². The minimum Gasteiger partial charge on any atom is -0.308 e. The molecule has 0 aromatic heterocycles. The zero-order valence-corrected chi connectivity index (χ0v) is 13.5. The standard InChI is InChI=1S/C19H21N3O/c1-4-17(5-2)15(3)21-10-11-22-19(9-12-23)18-8-6-7-16(13-18)14-20/h4,6-14,20H,3,5H2,1-2H3/b17-4+,19-9-,20-14?,21-10-,22-11+. The van der Waals surface area contributed by atoms with Gasteiger partial charge < -0.3 is 5.41 Å². The van der Waals surface area contributed by atoms with Gasteiger partial charge in [-0.2, -0.15) is 0 Å². The van der Waals surface area contributed by atoms with E-state index in [1.807, 2.05) is 38.1 Å². The number of hydrogen-bond donors (Lipinski definition) is 1. The molecule has 0 amide bonds. The van der Waals surface area contributed by atoms with Gasteiger partial charge in [-0.3, -0.25) is 14.8 Å². The lowest BCUT2D eigenvalue weighted by Crippen LogP contribution is -1.88. The number of nitrogens with zero attached hydrogens (tertiary/aromatic N) is 2. The molecule has 0 spiro atoms. The Bertz CT molecular complexity index is 694. The number of carbonyl (C=O) groups excluding carboxylic acids is 1. The highest BCUT2D eigenvalue weighted by Crippen LogP contribution is 2.16. The van der Waals surface area contributed by atoms with E-state index in [0.717, 1.165) is 23.1 Å². The van der Waals surface area contributed by atoms with Gasteiger partial charge in [0, 0.05) is 30.3 Å². The summed E-state index contributed by atoms with van der Waals surface area (Å²) in [5.41, 5.74) is 3.81. The van der Waals surface area contributed by atoms with Gasteiger partial charge in [0.2, 0.25) is 0 Å². The SMILES string of the molecule is C=C(\N=C/C=N/C(=C\C=O)c1cccc(C=N)c1)/C(=C/C)CC. The fourth-order valence-electron chi connectivity index (χ4n) is 1.96. The van der Waals surface area contributed by atoms with E-state index < -0.39 is 0 Å². The topological polar surface area (TPSA) is 65.6 Å². The van der Waals surface area contributed by atoms with E-state index in [1.165, 1.54) is 18.5 Å². The molecule has 0 saturated carbocycles. The van der Waals surface area contributed by atoms with Crippen LogP contribution in [0.2, 0.25) is 0 Å². The summed E-state index contributed by atoms with van der Waals surface area (Å²) in [4.78, 5) is 19.3. The van der Waals surface area contributed by atoms with Crippen LogP contribution in [0.25, 0.3) is 5.70 Å². The average Bonchev–Trinajstić information content (AvgIpc) is 2.58. The summed E-state index contributed by atoms with van der Waals surface area (Å²) in [6.45, 7) is 7.91. The fourth-order valence-corrected chi connectivity index (χ4v) is 1.96. The maximum atomic E-state index is 10.8. The molecule has 1 aromatic carbocycles. The molecule has 1 rings (SSSR count). The smallest absolute Gasteiger partial charge is 0.145 e. The molecular weight excluding hydrogens is 286 g/mol. The molecule has 0 atom stereocenters. The Hall–Kier alpha value is -2.88. The first-order chi connectivity index (χ1) is 11.2. The molecule has 4 nitrogen and oxygen atoms in total. The number of hydrogen-bond acceptors (Lipinski definition) is 4. The van der Waals surface area contributed by atoms with Gasteiger partial charge in [-0.25, -0.2) is 0 Å². The first kappa shape index (κ1) is 18.2. The third-order valence-electron chi connectivity index (χ3n) is 3.19. The van der Waals surface area contributed by atoms with E-state index in [9.17, 15) is 4.79 Å². The fraction of sp³-hybridized carbons (Fsp3) is 0.158. The number of aliphatic imine (C=N–C) groups is 2. The number of aldehydes is 1. The van der Waals surface area contributed by atoms with Crippen molar-refractivity contribution in [3.8, 4) is 0 Å². The van der Waals surface area contributed by atoms with E-state index in [2.05, 4.69) is 16.6 Å². The normalized spacial score (nSPS) is 12.8. The first-order valence-corrected chi connectivity index (χ1v) is 7.33.